The van der Waals surface area contributed by atoms with E-state index in [1.807, 2.05) is 61.5 Å². The number of hydrogen-bond acceptors (Lipinski definition) is 2. The van der Waals surface area contributed by atoms with E-state index in [4.69, 9.17) is 9.47 Å². The highest BCUT2D eigenvalue weighted by molar-refractivity contribution is 5.45. The molecule has 0 spiro atoms. The molecule has 3 rings (SSSR count). The number of rotatable bonds is 9. The third-order valence-electron chi connectivity index (χ3n) is 5.45. The van der Waals surface area contributed by atoms with Crippen LogP contribution < -0.4 is 9.47 Å². The van der Waals surface area contributed by atoms with Crippen LogP contribution in [0.5, 0.6) is 17.2 Å². The molecule has 3 heteroatoms. The van der Waals surface area contributed by atoms with E-state index in [1.54, 1.807) is 0 Å². The third kappa shape index (κ3) is 4.61. The van der Waals surface area contributed by atoms with Gasteiger partial charge in [0.25, 0.3) is 0 Å². The lowest BCUT2D eigenvalue weighted by atomic mass is 9.69. The topological polar surface area (TPSA) is 18.5 Å². The van der Waals surface area contributed by atoms with Gasteiger partial charge in [0.2, 0.25) is 0 Å². The van der Waals surface area contributed by atoms with Crippen LogP contribution in [0.15, 0.2) is 72.8 Å². The predicted molar refractivity (Wildman–Crippen MR) is 117 cm³/mol. The molecule has 1 atom stereocenters. The fraction of sp³-hybridized carbons (Fsp3) is 0.308. The molecule has 152 valence electrons. The fourth-order valence-corrected chi connectivity index (χ4v) is 4.00. The summed E-state index contributed by atoms with van der Waals surface area (Å²) >= 11 is 0. The van der Waals surface area contributed by atoms with Crippen molar-refractivity contribution in [3.8, 4) is 17.2 Å². The Bertz CT molecular complexity index is 906. The maximum atomic E-state index is 14.5. The Morgan fingerprint density at radius 3 is 2.10 bits per heavy atom. The summed E-state index contributed by atoms with van der Waals surface area (Å²) in [7, 11) is 0. The highest BCUT2D eigenvalue weighted by Gasteiger charge is 2.32. The summed E-state index contributed by atoms with van der Waals surface area (Å²) in [5, 5.41) is 0. The zero-order valence-corrected chi connectivity index (χ0v) is 17.5. The third-order valence-corrected chi connectivity index (χ3v) is 5.45. The number of ether oxygens (including phenoxy) is 2. The summed E-state index contributed by atoms with van der Waals surface area (Å²) in [4.78, 5) is 0. The lowest BCUT2D eigenvalue weighted by Crippen LogP contribution is -2.27. The molecule has 29 heavy (non-hydrogen) atoms. The first kappa shape index (κ1) is 20.9. The first-order chi connectivity index (χ1) is 14.1. The fourth-order valence-electron chi connectivity index (χ4n) is 4.00. The van der Waals surface area contributed by atoms with Crippen molar-refractivity contribution in [3.05, 3.63) is 89.7 Å². The van der Waals surface area contributed by atoms with E-state index in [2.05, 4.69) is 26.0 Å². The van der Waals surface area contributed by atoms with Crippen molar-refractivity contribution in [1.82, 2.24) is 0 Å². The molecule has 3 aromatic rings. The van der Waals surface area contributed by atoms with Gasteiger partial charge in [-0.05, 0) is 67.3 Å². The van der Waals surface area contributed by atoms with E-state index in [1.165, 1.54) is 11.6 Å². The highest BCUT2D eigenvalue weighted by atomic mass is 19.1. The molecule has 0 amide bonds. The lowest BCUT2D eigenvalue weighted by molar-refractivity contribution is 0.339. The summed E-state index contributed by atoms with van der Waals surface area (Å²) in [6, 6.07) is 22.9. The molecule has 0 aliphatic carbocycles. The summed E-state index contributed by atoms with van der Waals surface area (Å²) in [5.41, 5.74) is 2.07. The standard InChI is InChI=1S/C26H29FO2/c1-4-18-26(5-2,20-12-15-22(16-13-20)28-6-3)21-14-17-24(27)25(19-21)29-23-10-8-7-9-11-23/h7-17,19H,4-6,18H2,1-3H3. The van der Waals surface area contributed by atoms with Gasteiger partial charge in [-0.1, -0.05) is 56.7 Å². The number of para-hydroxylation sites is 1. The molecule has 0 fully saturated rings. The van der Waals surface area contributed by atoms with Crippen LogP contribution >= 0.6 is 0 Å². The molecule has 0 aliphatic heterocycles. The average molecular weight is 393 g/mol. The quantitative estimate of drug-likeness (QED) is 0.375. The SMILES string of the molecule is CCCC(CC)(c1ccc(OCC)cc1)c1ccc(F)c(Oc2ccccc2)c1. The van der Waals surface area contributed by atoms with Gasteiger partial charge in [0, 0.05) is 5.41 Å². The molecular formula is C26H29FO2. The van der Waals surface area contributed by atoms with Crippen LogP contribution in [0.3, 0.4) is 0 Å². The van der Waals surface area contributed by atoms with Crippen LogP contribution in [0.1, 0.15) is 51.2 Å². The predicted octanol–water partition coefficient (Wildman–Crippen LogP) is 7.51. The maximum absolute atomic E-state index is 14.5. The molecule has 0 bridgehead atoms. The first-order valence-electron chi connectivity index (χ1n) is 10.4. The first-order valence-corrected chi connectivity index (χ1v) is 10.4. The molecule has 2 nitrogen and oxygen atoms in total. The minimum Gasteiger partial charge on any atom is -0.494 e. The Morgan fingerprint density at radius 1 is 0.793 bits per heavy atom. The van der Waals surface area contributed by atoms with Crippen molar-refractivity contribution in [2.45, 2.75) is 45.4 Å². The van der Waals surface area contributed by atoms with Gasteiger partial charge < -0.3 is 9.47 Å². The summed E-state index contributed by atoms with van der Waals surface area (Å²) in [6.07, 6.45) is 2.90. The number of halogens is 1. The van der Waals surface area contributed by atoms with Crippen LogP contribution in [0, 0.1) is 5.82 Å². The monoisotopic (exact) mass is 392 g/mol. The van der Waals surface area contributed by atoms with Crippen molar-refractivity contribution in [2.75, 3.05) is 6.61 Å². The summed E-state index contributed by atoms with van der Waals surface area (Å²) < 4.78 is 26.0. The number of benzene rings is 3. The van der Waals surface area contributed by atoms with Crippen molar-refractivity contribution in [1.29, 1.82) is 0 Å². The molecule has 1 unspecified atom stereocenters. The molecule has 0 N–H and O–H groups in total. The smallest absolute Gasteiger partial charge is 0.165 e. The van der Waals surface area contributed by atoms with E-state index in [-0.39, 0.29) is 17.0 Å². The highest BCUT2D eigenvalue weighted by Crippen LogP contribution is 2.42. The van der Waals surface area contributed by atoms with Crippen molar-refractivity contribution < 1.29 is 13.9 Å². The molecule has 0 aliphatic rings. The Labute approximate surface area is 173 Å². The second-order valence-corrected chi connectivity index (χ2v) is 7.20. The Kier molecular flexibility index (Phi) is 6.92. The number of hydrogen-bond donors (Lipinski definition) is 0. The molecule has 3 aromatic carbocycles. The lowest BCUT2D eigenvalue weighted by Gasteiger charge is -2.34. The van der Waals surface area contributed by atoms with Crippen LogP contribution in [0.4, 0.5) is 4.39 Å². The van der Waals surface area contributed by atoms with E-state index in [9.17, 15) is 4.39 Å². The molecule has 0 saturated heterocycles. The second kappa shape index (κ2) is 9.60. The van der Waals surface area contributed by atoms with Crippen LogP contribution in [-0.2, 0) is 5.41 Å². The molecule has 0 saturated carbocycles. The van der Waals surface area contributed by atoms with Gasteiger partial charge in [-0.2, -0.15) is 0 Å². The molecular weight excluding hydrogens is 363 g/mol. The summed E-state index contributed by atoms with van der Waals surface area (Å²) in [6.45, 7) is 7.00. The van der Waals surface area contributed by atoms with E-state index in [0.29, 0.717) is 12.4 Å². The molecule has 0 radical (unpaired) electrons. The van der Waals surface area contributed by atoms with Crippen molar-refractivity contribution >= 4 is 0 Å². The van der Waals surface area contributed by atoms with Crippen LogP contribution in [-0.4, -0.2) is 6.61 Å². The Morgan fingerprint density at radius 2 is 1.48 bits per heavy atom. The van der Waals surface area contributed by atoms with Crippen LogP contribution in [0.25, 0.3) is 0 Å². The Hall–Kier alpha value is -2.81. The molecule has 0 aromatic heterocycles. The zero-order chi connectivity index (χ0) is 20.7. The van der Waals surface area contributed by atoms with Gasteiger partial charge >= 0.3 is 0 Å². The average Bonchev–Trinajstić information content (AvgIpc) is 2.75. The van der Waals surface area contributed by atoms with Gasteiger partial charge in [-0.15, -0.1) is 0 Å². The molecule has 0 heterocycles. The van der Waals surface area contributed by atoms with E-state index >= 15 is 0 Å². The van der Waals surface area contributed by atoms with Gasteiger partial charge in [-0.3, -0.25) is 0 Å². The van der Waals surface area contributed by atoms with E-state index in [0.717, 1.165) is 30.6 Å². The Balaban J connectivity index is 2.03. The minimum atomic E-state index is -0.356. The maximum Gasteiger partial charge on any atom is 0.165 e. The van der Waals surface area contributed by atoms with Crippen LogP contribution in [0.2, 0.25) is 0 Å². The zero-order valence-electron chi connectivity index (χ0n) is 17.5. The summed E-state index contributed by atoms with van der Waals surface area (Å²) in [5.74, 6) is 1.39. The van der Waals surface area contributed by atoms with Gasteiger partial charge in [-0.25, -0.2) is 4.39 Å². The van der Waals surface area contributed by atoms with Crippen molar-refractivity contribution in [3.63, 3.8) is 0 Å². The van der Waals surface area contributed by atoms with E-state index < -0.39 is 0 Å². The minimum absolute atomic E-state index is 0.206. The normalized spacial score (nSPS) is 13.0. The van der Waals surface area contributed by atoms with Gasteiger partial charge in [0.05, 0.1) is 6.61 Å². The largest absolute Gasteiger partial charge is 0.494 e. The van der Waals surface area contributed by atoms with Crippen molar-refractivity contribution in [2.24, 2.45) is 0 Å². The second-order valence-electron chi connectivity index (χ2n) is 7.20. The van der Waals surface area contributed by atoms with Gasteiger partial charge in [0.1, 0.15) is 11.5 Å². The van der Waals surface area contributed by atoms with Gasteiger partial charge in [0.15, 0.2) is 11.6 Å².